The molecule has 4 N–H and O–H groups in total. The van der Waals surface area contributed by atoms with Gasteiger partial charge in [0.25, 0.3) is 0 Å². The summed E-state index contributed by atoms with van der Waals surface area (Å²) in [5.74, 6) is -1.69. The molecule has 0 aliphatic heterocycles. The van der Waals surface area contributed by atoms with E-state index in [1.165, 1.54) is 0 Å². The third-order valence-corrected chi connectivity index (χ3v) is 1.87. The Morgan fingerprint density at radius 1 is 1.18 bits per heavy atom. The molecule has 0 saturated carbocycles. The van der Waals surface area contributed by atoms with E-state index in [9.17, 15) is 4.79 Å². The SMILES string of the molecule is Nc1nc(Nc2ccccc2)nc(C(=O)O)n1. The first-order valence-corrected chi connectivity index (χ1v) is 4.72. The number of nitrogens with two attached hydrogens (primary N) is 1. The Balaban J connectivity index is 2.30. The molecule has 7 nitrogen and oxygen atoms in total. The molecular weight excluding hydrogens is 222 g/mol. The molecule has 0 fully saturated rings. The van der Waals surface area contributed by atoms with E-state index < -0.39 is 11.8 Å². The molecule has 2 rings (SSSR count). The molecule has 0 spiro atoms. The lowest BCUT2D eigenvalue weighted by Crippen LogP contribution is -2.11. The van der Waals surface area contributed by atoms with E-state index in [4.69, 9.17) is 10.8 Å². The lowest BCUT2D eigenvalue weighted by molar-refractivity contribution is 0.0683. The number of benzene rings is 1. The van der Waals surface area contributed by atoms with Crippen LogP contribution in [0, 0.1) is 0 Å². The van der Waals surface area contributed by atoms with Crippen molar-refractivity contribution in [2.24, 2.45) is 0 Å². The van der Waals surface area contributed by atoms with Crippen molar-refractivity contribution < 1.29 is 9.90 Å². The Morgan fingerprint density at radius 3 is 2.53 bits per heavy atom. The largest absolute Gasteiger partial charge is 0.475 e. The van der Waals surface area contributed by atoms with E-state index in [2.05, 4.69) is 20.3 Å². The Bertz CT molecular complexity index is 544. The highest BCUT2D eigenvalue weighted by molar-refractivity contribution is 5.83. The predicted molar refractivity (Wildman–Crippen MR) is 60.9 cm³/mol. The molecule has 0 aliphatic carbocycles. The van der Waals surface area contributed by atoms with Crippen LogP contribution in [0.1, 0.15) is 10.6 Å². The number of rotatable bonds is 3. The fourth-order valence-electron chi connectivity index (χ4n) is 1.19. The summed E-state index contributed by atoms with van der Waals surface area (Å²) in [6.07, 6.45) is 0. The number of carboxylic acid groups (broad SMARTS) is 1. The number of carbonyl (C=O) groups is 1. The van der Waals surface area contributed by atoms with Gasteiger partial charge < -0.3 is 16.2 Å². The molecule has 0 aliphatic rings. The van der Waals surface area contributed by atoms with Crippen molar-refractivity contribution in [1.29, 1.82) is 0 Å². The summed E-state index contributed by atoms with van der Waals surface area (Å²) >= 11 is 0. The van der Waals surface area contributed by atoms with E-state index in [1.54, 1.807) is 12.1 Å². The predicted octanol–water partition coefficient (Wildman–Crippen LogP) is 0.896. The van der Waals surface area contributed by atoms with Crippen LogP contribution in [-0.4, -0.2) is 26.0 Å². The van der Waals surface area contributed by atoms with Crippen molar-refractivity contribution in [3.8, 4) is 0 Å². The zero-order valence-electron chi connectivity index (χ0n) is 8.66. The van der Waals surface area contributed by atoms with Crippen LogP contribution in [0.4, 0.5) is 17.6 Å². The number of anilines is 3. The molecule has 1 aromatic carbocycles. The molecule has 17 heavy (non-hydrogen) atoms. The molecular formula is C10H9N5O2. The molecule has 2 aromatic rings. The van der Waals surface area contributed by atoms with Crippen LogP contribution < -0.4 is 11.1 Å². The van der Waals surface area contributed by atoms with Gasteiger partial charge in [-0.2, -0.15) is 15.0 Å². The lowest BCUT2D eigenvalue weighted by Gasteiger charge is -2.05. The highest BCUT2D eigenvalue weighted by Gasteiger charge is 2.10. The third-order valence-electron chi connectivity index (χ3n) is 1.87. The van der Waals surface area contributed by atoms with Crippen molar-refractivity contribution in [3.63, 3.8) is 0 Å². The zero-order valence-corrected chi connectivity index (χ0v) is 8.66. The summed E-state index contributed by atoms with van der Waals surface area (Å²) in [7, 11) is 0. The van der Waals surface area contributed by atoms with Gasteiger partial charge >= 0.3 is 5.97 Å². The average molecular weight is 231 g/mol. The number of nitrogen functional groups attached to an aromatic ring is 1. The number of nitrogens with one attached hydrogen (secondary N) is 1. The standard InChI is InChI=1S/C10H9N5O2/c11-9-13-7(8(16)17)14-10(15-9)12-6-4-2-1-3-5-6/h1-5H,(H,16,17)(H3,11,12,13,14,15). The van der Waals surface area contributed by atoms with Gasteiger partial charge in [-0.1, -0.05) is 18.2 Å². The molecule has 1 aromatic heterocycles. The van der Waals surface area contributed by atoms with Crippen molar-refractivity contribution in [2.75, 3.05) is 11.1 Å². The zero-order chi connectivity index (χ0) is 12.3. The third kappa shape index (κ3) is 2.65. The van der Waals surface area contributed by atoms with Crippen molar-refractivity contribution in [2.45, 2.75) is 0 Å². The number of hydrogen-bond donors (Lipinski definition) is 3. The number of aromatic nitrogens is 3. The van der Waals surface area contributed by atoms with Crippen LogP contribution in [0.2, 0.25) is 0 Å². The second-order valence-corrected chi connectivity index (χ2v) is 3.14. The Morgan fingerprint density at radius 2 is 1.88 bits per heavy atom. The van der Waals surface area contributed by atoms with E-state index in [1.807, 2.05) is 18.2 Å². The molecule has 0 unspecified atom stereocenters. The Labute approximate surface area is 96.4 Å². The minimum atomic E-state index is -1.25. The summed E-state index contributed by atoms with van der Waals surface area (Å²) < 4.78 is 0. The van der Waals surface area contributed by atoms with E-state index >= 15 is 0 Å². The quantitative estimate of drug-likeness (QED) is 0.718. The van der Waals surface area contributed by atoms with Crippen LogP contribution >= 0.6 is 0 Å². The highest BCUT2D eigenvalue weighted by Crippen LogP contribution is 2.12. The number of nitrogens with zero attached hydrogens (tertiary/aromatic N) is 3. The lowest BCUT2D eigenvalue weighted by atomic mass is 10.3. The van der Waals surface area contributed by atoms with Gasteiger partial charge in [-0.3, -0.25) is 0 Å². The second kappa shape index (κ2) is 4.44. The van der Waals surface area contributed by atoms with Crippen molar-refractivity contribution >= 4 is 23.6 Å². The van der Waals surface area contributed by atoms with Crippen LogP contribution in [-0.2, 0) is 0 Å². The normalized spacial score (nSPS) is 9.88. The van der Waals surface area contributed by atoms with Gasteiger partial charge in [0.2, 0.25) is 17.7 Å². The Hall–Kier alpha value is -2.70. The molecule has 86 valence electrons. The maximum Gasteiger partial charge on any atom is 0.374 e. The summed E-state index contributed by atoms with van der Waals surface area (Å²) in [4.78, 5) is 21.7. The number of carboxylic acids is 1. The first-order valence-electron chi connectivity index (χ1n) is 4.72. The van der Waals surface area contributed by atoms with Crippen LogP contribution in [0.3, 0.4) is 0 Å². The molecule has 0 bridgehead atoms. The number of aromatic carboxylic acids is 1. The van der Waals surface area contributed by atoms with Gasteiger partial charge in [0.15, 0.2) is 0 Å². The van der Waals surface area contributed by atoms with Crippen molar-refractivity contribution in [3.05, 3.63) is 36.2 Å². The first-order chi connectivity index (χ1) is 8.15. The second-order valence-electron chi connectivity index (χ2n) is 3.14. The molecule has 7 heteroatoms. The summed E-state index contributed by atoms with van der Waals surface area (Å²) in [6, 6.07) is 9.09. The monoisotopic (exact) mass is 231 g/mol. The number of hydrogen-bond acceptors (Lipinski definition) is 6. The first kappa shape index (κ1) is 10.8. The molecule has 1 heterocycles. The minimum absolute atomic E-state index is 0.0982. The van der Waals surface area contributed by atoms with Crippen molar-refractivity contribution in [1.82, 2.24) is 15.0 Å². The number of para-hydroxylation sites is 1. The van der Waals surface area contributed by atoms with E-state index in [0.717, 1.165) is 5.69 Å². The van der Waals surface area contributed by atoms with Gasteiger partial charge in [0, 0.05) is 5.69 Å². The molecule has 0 amide bonds. The van der Waals surface area contributed by atoms with E-state index in [-0.39, 0.29) is 11.9 Å². The summed E-state index contributed by atoms with van der Waals surface area (Å²) in [5.41, 5.74) is 6.12. The van der Waals surface area contributed by atoms with Gasteiger partial charge in [0.05, 0.1) is 0 Å². The van der Waals surface area contributed by atoms with Gasteiger partial charge in [-0.25, -0.2) is 4.79 Å². The van der Waals surface area contributed by atoms with Gasteiger partial charge in [0.1, 0.15) is 0 Å². The fourth-order valence-corrected chi connectivity index (χ4v) is 1.19. The highest BCUT2D eigenvalue weighted by atomic mass is 16.4. The van der Waals surface area contributed by atoms with Crippen LogP contribution in [0.5, 0.6) is 0 Å². The maximum atomic E-state index is 10.7. The summed E-state index contributed by atoms with van der Waals surface area (Å²) in [6.45, 7) is 0. The van der Waals surface area contributed by atoms with Crippen LogP contribution in [0.15, 0.2) is 30.3 Å². The fraction of sp³-hybridized carbons (Fsp3) is 0. The topological polar surface area (TPSA) is 114 Å². The Kier molecular flexibility index (Phi) is 2.82. The van der Waals surface area contributed by atoms with Gasteiger partial charge in [-0.15, -0.1) is 0 Å². The average Bonchev–Trinajstić information content (AvgIpc) is 2.29. The molecule has 0 atom stereocenters. The minimum Gasteiger partial charge on any atom is -0.475 e. The molecule has 0 saturated heterocycles. The maximum absolute atomic E-state index is 10.7. The summed E-state index contributed by atoms with van der Waals surface area (Å²) in [5, 5.41) is 11.6. The molecule has 0 radical (unpaired) electrons. The van der Waals surface area contributed by atoms with E-state index in [0.29, 0.717) is 0 Å². The smallest absolute Gasteiger partial charge is 0.374 e. The van der Waals surface area contributed by atoms with Gasteiger partial charge in [-0.05, 0) is 12.1 Å². The van der Waals surface area contributed by atoms with Crippen LogP contribution in [0.25, 0.3) is 0 Å².